The van der Waals surface area contributed by atoms with Crippen LogP contribution in [0.5, 0.6) is 0 Å². The fourth-order valence-electron chi connectivity index (χ4n) is 2.00. The quantitative estimate of drug-likeness (QED) is 0.764. The van der Waals surface area contributed by atoms with Gasteiger partial charge in [0.1, 0.15) is 5.82 Å². The Bertz CT molecular complexity index is 416. The van der Waals surface area contributed by atoms with Gasteiger partial charge in [-0.3, -0.25) is 0 Å². The van der Waals surface area contributed by atoms with Gasteiger partial charge in [-0.1, -0.05) is 6.92 Å². The molecule has 1 radical (unpaired) electrons. The molecule has 0 unspecified atom stereocenters. The monoisotopic (exact) mass is 235 g/mol. The van der Waals surface area contributed by atoms with Crippen LogP contribution in [-0.2, 0) is 6.42 Å². The second-order valence-electron chi connectivity index (χ2n) is 3.87. The maximum atomic E-state index is 11.1. The van der Waals surface area contributed by atoms with Crippen molar-refractivity contribution in [2.75, 3.05) is 31.1 Å². The van der Waals surface area contributed by atoms with Gasteiger partial charge in [-0.2, -0.15) is 0 Å². The zero-order valence-corrected chi connectivity index (χ0v) is 9.73. The number of rotatable bonds is 3. The van der Waals surface area contributed by atoms with E-state index in [9.17, 15) is 4.79 Å². The van der Waals surface area contributed by atoms with Gasteiger partial charge in [0, 0.05) is 31.7 Å². The van der Waals surface area contributed by atoms with E-state index in [-0.39, 0.29) is 5.69 Å². The van der Waals surface area contributed by atoms with Gasteiger partial charge in [0.15, 0.2) is 5.69 Å². The minimum absolute atomic E-state index is 0.0658. The molecule has 91 valence electrons. The third-order valence-electron chi connectivity index (χ3n) is 2.85. The highest BCUT2D eigenvalue weighted by Gasteiger charge is 2.20. The molecule has 2 N–H and O–H groups in total. The summed E-state index contributed by atoms with van der Waals surface area (Å²) in [4.78, 5) is 21.0. The molecule has 1 aliphatic heterocycles. The van der Waals surface area contributed by atoms with Crippen LogP contribution in [0.15, 0.2) is 0 Å². The highest BCUT2D eigenvalue weighted by Crippen LogP contribution is 2.20. The fraction of sp³-hybridized carbons (Fsp3) is 0.545. The average Bonchev–Trinajstić information content (AvgIpc) is 2.38. The molecule has 6 heteroatoms. The molecule has 6 nitrogen and oxygen atoms in total. The van der Waals surface area contributed by atoms with Gasteiger partial charge >= 0.3 is 5.97 Å². The Morgan fingerprint density at radius 1 is 1.47 bits per heavy atom. The third-order valence-corrected chi connectivity index (χ3v) is 2.85. The molecule has 1 fully saturated rings. The Labute approximate surface area is 99.7 Å². The topological polar surface area (TPSA) is 78.3 Å². The first-order chi connectivity index (χ1) is 8.24. The van der Waals surface area contributed by atoms with Crippen LogP contribution in [-0.4, -0.2) is 47.2 Å². The number of hydrogen-bond donors (Lipinski definition) is 2. The van der Waals surface area contributed by atoms with E-state index in [1.54, 1.807) is 0 Å². The number of aromatic nitrogens is 2. The van der Waals surface area contributed by atoms with Crippen molar-refractivity contribution in [1.29, 1.82) is 0 Å². The maximum Gasteiger partial charge on any atom is 0.355 e. The molecule has 2 heterocycles. The average molecular weight is 235 g/mol. The summed E-state index contributed by atoms with van der Waals surface area (Å²) in [7, 11) is 0. The summed E-state index contributed by atoms with van der Waals surface area (Å²) in [5.41, 5.74) is 0.759. The molecule has 1 aromatic rings. The van der Waals surface area contributed by atoms with Gasteiger partial charge in [-0.15, -0.1) is 0 Å². The number of carbonyl (C=O) groups is 1. The highest BCUT2D eigenvalue weighted by molar-refractivity contribution is 5.88. The van der Waals surface area contributed by atoms with Crippen molar-refractivity contribution in [1.82, 2.24) is 15.3 Å². The number of aromatic carboxylic acids is 1. The SMILES string of the molecule is CCc1c(C(=O)O)n[c]nc1N1CCNCC1. The number of hydrogen-bond acceptors (Lipinski definition) is 5. The molecule has 0 bridgehead atoms. The highest BCUT2D eigenvalue weighted by atomic mass is 16.4. The molecule has 0 saturated carbocycles. The predicted molar refractivity (Wildman–Crippen MR) is 62.3 cm³/mol. The second kappa shape index (κ2) is 5.09. The van der Waals surface area contributed by atoms with E-state index in [0.29, 0.717) is 17.8 Å². The lowest BCUT2D eigenvalue weighted by molar-refractivity contribution is 0.0689. The van der Waals surface area contributed by atoms with Gasteiger partial charge < -0.3 is 15.3 Å². The summed E-state index contributed by atoms with van der Waals surface area (Å²) in [6.45, 7) is 5.34. The van der Waals surface area contributed by atoms with E-state index in [4.69, 9.17) is 5.11 Å². The van der Waals surface area contributed by atoms with E-state index >= 15 is 0 Å². The normalized spacial score (nSPS) is 15.9. The van der Waals surface area contributed by atoms with E-state index in [1.165, 1.54) is 0 Å². The standard InChI is InChI=1S/C11H15N4O2/c1-2-8-9(11(16)17)13-7-14-10(8)15-5-3-12-4-6-15/h12H,2-6H2,1H3,(H,16,17). The van der Waals surface area contributed by atoms with Crippen LogP contribution in [0.1, 0.15) is 23.0 Å². The van der Waals surface area contributed by atoms with Crippen LogP contribution in [0.3, 0.4) is 0 Å². The van der Waals surface area contributed by atoms with Crippen molar-refractivity contribution in [3.05, 3.63) is 17.6 Å². The smallest absolute Gasteiger partial charge is 0.355 e. The molecule has 1 saturated heterocycles. The van der Waals surface area contributed by atoms with Crippen LogP contribution in [0.25, 0.3) is 0 Å². The van der Waals surface area contributed by atoms with Gasteiger partial charge in [0.2, 0.25) is 6.33 Å². The first-order valence-corrected chi connectivity index (χ1v) is 5.70. The summed E-state index contributed by atoms with van der Waals surface area (Å²) in [5.74, 6) is -0.307. The number of nitrogens with zero attached hydrogens (tertiary/aromatic N) is 3. The molecule has 0 aromatic carbocycles. The molecule has 17 heavy (non-hydrogen) atoms. The Kier molecular flexibility index (Phi) is 3.53. The van der Waals surface area contributed by atoms with Crippen LogP contribution >= 0.6 is 0 Å². The first kappa shape index (κ1) is 11.8. The minimum atomic E-state index is -1.02. The minimum Gasteiger partial charge on any atom is -0.476 e. The summed E-state index contributed by atoms with van der Waals surface area (Å²) in [5, 5.41) is 12.3. The number of carboxylic acid groups (broad SMARTS) is 1. The zero-order chi connectivity index (χ0) is 12.3. The summed E-state index contributed by atoms with van der Waals surface area (Å²) in [6, 6.07) is 0. The largest absolute Gasteiger partial charge is 0.476 e. The number of piperazine rings is 1. The van der Waals surface area contributed by atoms with E-state index < -0.39 is 5.97 Å². The molecule has 0 spiro atoms. The molecular formula is C11H15N4O2. The van der Waals surface area contributed by atoms with Crippen molar-refractivity contribution in [2.24, 2.45) is 0 Å². The number of anilines is 1. The molecule has 0 aliphatic carbocycles. The lowest BCUT2D eigenvalue weighted by Crippen LogP contribution is -2.44. The molecule has 1 aliphatic rings. The summed E-state index contributed by atoms with van der Waals surface area (Å²) < 4.78 is 0. The van der Waals surface area contributed by atoms with Crippen molar-refractivity contribution >= 4 is 11.8 Å². The zero-order valence-electron chi connectivity index (χ0n) is 9.73. The van der Waals surface area contributed by atoms with Crippen LogP contribution in [0.4, 0.5) is 5.82 Å². The second-order valence-corrected chi connectivity index (χ2v) is 3.87. The molecule has 1 aromatic heterocycles. The van der Waals surface area contributed by atoms with Crippen molar-refractivity contribution in [2.45, 2.75) is 13.3 Å². The van der Waals surface area contributed by atoms with Crippen molar-refractivity contribution < 1.29 is 9.90 Å². The van der Waals surface area contributed by atoms with Crippen molar-refractivity contribution in [3.8, 4) is 0 Å². The lowest BCUT2D eigenvalue weighted by atomic mass is 10.1. The van der Waals surface area contributed by atoms with Crippen LogP contribution < -0.4 is 10.2 Å². The molecule has 0 amide bonds. The van der Waals surface area contributed by atoms with Crippen molar-refractivity contribution in [3.63, 3.8) is 0 Å². The Morgan fingerprint density at radius 3 is 2.76 bits per heavy atom. The Morgan fingerprint density at radius 2 is 2.18 bits per heavy atom. The molecule has 0 atom stereocenters. The van der Waals surface area contributed by atoms with Gasteiger partial charge in [0.05, 0.1) is 0 Å². The maximum absolute atomic E-state index is 11.1. The van der Waals surface area contributed by atoms with E-state index in [2.05, 4.69) is 26.5 Å². The molecule has 2 rings (SSSR count). The van der Waals surface area contributed by atoms with Crippen LogP contribution in [0.2, 0.25) is 0 Å². The first-order valence-electron chi connectivity index (χ1n) is 5.70. The Balaban J connectivity index is 2.38. The predicted octanol–water partition coefficient (Wildman–Crippen LogP) is -0.0530. The summed E-state index contributed by atoms with van der Waals surface area (Å²) >= 11 is 0. The lowest BCUT2D eigenvalue weighted by Gasteiger charge is -2.29. The van der Waals surface area contributed by atoms with E-state index in [1.807, 2.05) is 6.92 Å². The van der Waals surface area contributed by atoms with E-state index in [0.717, 1.165) is 26.2 Å². The Hall–Kier alpha value is -1.69. The van der Waals surface area contributed by atoms with Gasteiger partial charge in [-0.05, 0) is 6.42 Å². The van der Waals surface area contributed by atoms with Gasteiger partial charge in [-0.25, -0.2) is 14.8 Å². The van der Waals surface area contributed by atoms with Gasteiger partial charge in [0.25, 0.3) is 0 Å². The molecular weight excluding hydrogens is 220 g/mol. The fourth-order valence-corrected chi connectivity index (χ4v) is 2.00. The number of carboxylic acids is 1. The summed E-state index contributed by atoms with van der Waals surface area (Å²) in [6.07, 6.45) is 3.05. The van der Waals surface area contributed by atoms with Crippen LogP contribution in [0, 0.1) is 6.33 Å². The number of nitrogens with one attached hydrogen (secondary N) is 1. The third kappa shape index (κ3) is 2.36.